The van der Waals surface area contributed by atoms with Gasteiger partial charge in [-0.05, 0) is 12.1 Å². The third kappa shape index (κ3) is 2.38. The maximum absolute atomic E-state index is 4.45. The molecule has 0 spiro atoms. The third-order valence-corrected chi connectivity index (χ3v) is 3.83. The zero-order valence-electron chi connectivity index (χ0n) is 13.5. The molecule has 0 atom stereocenters. The zero-order valence-corrected chi connectivity index (χ0v) is 13.5. The molecule has 0 fully saturated rings. The van der Waals surface area contributed by atoms with Crippen molar-refractivity contribution >= 4 is 16.6 Å². The minimum Gasteiger partial charge on any atom is -0.361 e. The lowest BCUT2D eigenvalue weighted by molar-refractivity contribution is 0.821. The molecule has 4 rings (SSSR count). The minimum absolute atomic E-state index is 0.707. The molecule has 1 aromatic carbocycles. The predicted octanol–water partition coefficient (Wildman–Crippen LogP) is 2.94. The Labute approximate surface area is 139 Å². The second-order valence-electron chi connectivity index (χ2n) is 5.68. The Kier molecular flexibility index (Phi) is 3.42. The molecule has 0 aliphatic heterocycles. The van der Waals surface area contributed by atoms with E-state index in [1.165, 1.54) is 0 Å². The molecule has 0 aliphatic rings. The highest BCUT2D eigenvalue weighted by Gasteiger charge is 2.13. The van der Waals surface area contributed by atoms with Crippen LogP contribution < -0.4 is 4.90 Å². The van der Waals surface area contributed by atoms with E-state index in [0.29, 0.717) is 5.82 Å². The van der Waals surface area contributed by atoms with Crippen molar-refractivity contribution in [2.75, 3.05) is 19.0 Å². The molecular formula is C18H16N6. The summed E-state index contributed by atoms with van der Waals surface area (Å²) in [6.45, 7) is 0. The monoisotopic (exact) mass is 316 g/mol. The molecule has 0 amide bonds. The van der Waals surface area contributed by atoms with Crippen LogP contribution in [0.2, 0.25) is 0 Å². The van der Waals surface area contributed by atoms with Crippen LogP contribution in [0.3, 0.4) is 0 Å². The summed E-state index contributed by atoms with van der Waals surface area (Å²) in [5, 5.41) is 15.3. The van der Waals surface area contributed by atoms with Gasteiger partial charge in [0.15, 0.2) is 11.6 Å². The van der Waals surface area contributed by atoms with Crippen molar-refractivity contribution in [3.63, 3.8) is 0 Å². The summed E-state index contributed by atoms with van der Waals surface area (Å²) in [5.74, 6) is 1.55. The Morgan fingerprint density at radius 2 is 1.71 bits per heavy atom. The van der Waals surface area contributed by atoms with Gasteiger partial charge in [-0.25, -0.2) is 4.68 Å². The van der Waals surface area contributed by atoms with Crippen LogP contribution in [0.1, 0.15) is 0 Å². The van der Waals surface area contributed by atoms with E-state index in [-0.39, 0.29) is 0 Å². The Morgan fingerprint density at radius 1 is 0.917 bits per heavy atom. The maximum atomic E-state index is 4.45. The molecule has 0 saturated carbocycles. The minimum atomic E-state index is 0.707. The molecule has 118 valence electrons. The van der Waals surface area contributed by atoms with E-state index in [4.69, 9.17) is 0 Å². The Bertz CT molecular complexity index is 991. The van der Waals surface area contributed by atoms with Crippen LogP contribution in [0.25, 0.3) is 27.8 Å². The number of anilines is 1. The molecule has 0 bridgehead atoms. The van der Waals surface area contributed by atoms with Crippen molar-refractivity contribution in [2.24, 2.45) is 0 Å². The second-order valence-corrected chi connectivity index (χ2v) is 5.68. The Hall–Kier alpha value is -3.28. The molecule has 0 unspecified atom stereocenters. The fourth-order valence-corrected chi connectivity index (χ4v) is 2.68. The number of hydrogen-bond donors (Lipinski definition) is 0. The van der Waals surface area contributed by atoms with Crippen LogP contribution >= 0.6 is 0 Å². The van der Waals surface area contributed by atoms with E-state index in [0.717, 1.165) is 27.8 Å². The second kappa shape index (κ2) is 5.73. The first-order chi connectivity index (χ1) is 11.7. The van der Waals surface area contributed by atoms with Gasteiger partial charge in [-0.15, -0.1) is 10.2 Å². The van der Waals surface area contributed by atoms with E-state index in [1.807, 2.05) is 67.7 Å². The molecule has 3 heterocycles. The SMILES string of the molecule is CN(C)c1nnc(-n2cc(-c3ccccn3)cn2)c2ccccc12. The van der Waals surface area contributed by atoms with E-state index in [2.05, 4.69) is 20.3 Å². The van der Waals surface area contributed by atoms with Crippen molar-refractivity contribution in [3.8, 4) is 17.1 Å². The van der Waals surface area contributed by atoms with Crippen LogP contribution in [0.15, 0.2) is 61.1 Å². The molecule has 0 saturated heterocycles. The van der Waals surface area contributed by atoms with Crippen LogP contribution in [0.4, 0.5) is 5.82 Å². The van der Waals surface area contributed by atoms with Gasteiger partial charge in [0.2, 0.25) is 0 Å². The average molecular weight is 316 g/mol. The molecule has 6 nitrogen and oxygen atoms in total. The summed E-state index contributed by atoms with van der Waals surface area (Å²) < 4.78 is 1.75. The van der Waals surface area contributed by atoms with Gasteiger partial charge >= 0.3 is 0 Å². The van der Waals surface area contributed by atoms with E-state index < -0.39 is 0 Å². The Morgan fingerprint density at radius 3 is 2.46 bits per heavy atom. The lowest BCUT2D eigenvalue weighted by atomic mass is 10.1. The Balaban J connectivity index is 1.86. The van der Waals surface area contributed by atoms with E-state index in [1.54, 1.807) is 17.1 Å². The molecule has 24 heavy (non-hydrogen) atoms. The third-order valence-electron chi connectivity index (χ3n) is 3.83. The molecule has 0 N–H and O–H groups in total. The normalized spacial score (nSPS) is 10.9. The van der Waals surface area contributed by atoms with Gasteiger partial charge in [0, 0.05) is 42.8 Å². The number of benzene rings is 1. The highest BCUT2D eigenvalue weighted by atomic mass is 15.4. The lowest BCUT2D eigenvalue weighted by Crippen LogP contribution is -2.13. The van der Waals surface area contributed by atoms with Gasteiger partial charge in [-0.3, -0.25) is 4.98 Å². The summed E-state index contributed by atoms with van der Waals surface area (Å²) >= 11 is 0. The fraction of sp³-hybridized carbons (Fsp3) is 0.111. The molecule has 3 aromatic heterocycles. The first kappa shape index (κ1) is 14.3. The van der Waals surface area contributed by atoms with Gasteiger partial charge < -0.3 is 4.90 Å². The highest BCUT2D eigenvalue weighted by molar-refractivity contribution is 5.96. The maximum Gasteiger partial charge on any atom is 0.183 e. The highest BCUT2D eigenvalue weighted by Crippen LogP contribution is 2.27. The van der Waals surface area contributed by atoms with Crippen molar-refractivity contribution in [1.29, 1.82) is 0 Å². The molecular weight excluding hydrogens is 300 g/mol. The zero-order chi connectivity index (χ0) is 16.5. The smallest absolute Gasteiger partial charge is 0.183 e. The molecule has 6 heteroatoms. The summed E-state index contributed by atoms with van der Waals surface area (Å²) in [5.41, 5.74) is 1.82. The van der Waals surface area contributed by atoms with Gasteiger partial charge in [0.1, 0.15) is 0 Å². The van der Waals surface area contributed by atoms with Crippen molar-refractivity contribution in [3.05, 3.63) is 61.1 Å². The van der Waals surface area contributed by atoms with Gasteiger partial charge in [0.05, 0.1) is 11.9 Å². The van der Waals surface area contributed by atoms with Crippen LogP contribution in [-0.4, -0.2) is 39.1 Å². The van der Waals surface area contributed by atoms with E-state index >= 15 is 0 Å². The van der Waals surface area contributed by atoms with Crippen molar-refractivity contribution in [2.45, 2.75) is 0 Å². The summed E-state index contributed by atoms with van der Waals surface area (Å²) in [7, 11) is 3.92. The molecule has 0 radical (unpaired) electrons. The lowest BCUT2D eigenvalue weighted by Gasteiger charge is -2.14. The van der Waals surface area contributed by atoms with Crippen LogP contribution in [0.5, 0.6) is 0 Å². The predicted molar refractivity (Wildman–Crippen MR) is 94.2 cm³/mol. The standard InChI is InChI=1S/C18H16N6/c1-23(2)17-14-7-3-4-8-15(14)18(22-21-17)24-12-13(11-20-24)16-9-5-6-10-19-16/h3-12H,1-2H3. The topological polar surface area (TPSA) is 59.7 Å². The van der Waals surface area contributed by atoms with Gasteiger partial charge in [-0.1, -0.05) is 30.3 Å². The number of rotatable bonds is 3. The summed E-state index contributed by atoms with van der Waals surface area (Å²) in [4.78, 5) is 6.32. The van der Waals surface area contributed by atoms with Crippen molar-refractivity contribution < 1.29 is 0 Å². The number of fused-ring (bicyclic) bond motifs is 1. The molecule has 0 aliphatic carbocycles. The fourth-order valence-electron chi connectivity index (χ4n) is 2.68. The number of aromatic nitrogens is 5. The van der Waals surface area contributed by atoms with Crippen molar-refractivity contribution in [1.82, 2.24) is 25.0 Å². The van der Waals surface area contributed by atoms with Gasteiger partial charge in [0.25, 0.3) is 0 Å². The number of nitrogens with zero attached hydrogens (tertiary/aromatic N) is 6. The first-order valence-corrected chi connectivity index (χ1v) is 7.63. The number of hydrogen-bond acceptors (Lipinski definition) is 5. The van der Waals surface area contributed by atoms with Crippen LogP contribution in [-0.2, 0) is 0 Å². The summed E-state index contributed by atoms with van der Waals surface area (Å²) in [6.07, 6.45) is 5.49. The quantitative estimate of drug-likeness (QED) is 0.581. The largest absolute Gasteiger partial charge is 0.361 e. The van der Waals surface area contributed by atoms with Gasteiger partial charge in [-0.2, -0.15) is 5.10 Å². The van der Waals surface area contributed by atoms with Crippen LogP contribution in [0, 0.1) is 0 Å². The molecule has 4 aromatic rings. The number of pyridine rings is 1. The van der Waals surface area contributed by atoms with E-state index in [9.17, 15) is 0 Å². The summed E-state index contributed by atoms with van der Waals surface area (Å²) in [6, 6.07) is 13.9. The first-order valence-electron chi connectivity index (χ1n) is 7.63. The average Bonchev–Trinajstić information content (AvgIpc) is 3.11.